The van der Waals surface area contributed by atoms with Crippen LogP contribution in [0.1, 0.15) is 117 Å². The molecule has 4 nitrogen and oxygen atoms in total. The summed E-state index contributed by atoms with van der Waals surface area (Å²) in [6.45, 7) is 33.4. The Morgan fingerprint density at radius 3 is 0.969 bits per heavy atom. The lowest BCUT2D eigenvalue weighted by Crippen LogP contribution is -2.16. The maximum atomic E-state index is 10.8. The number of Topliss-reactive ketones (excluding diaryl/α,β-unsaturated/α-hetero) is 1. The molecule has 0 saturated carbocycles. The molecular weight excluding hydrogens is 400 g/mol. The van der Waals surface area contributed by atoms with Gasteiger partial charge in [-0.2, -0.15) is 0 Å². The first-order valence-electron chi connectivity index (χ1n) is 12.7. The van der Waals surface area contributed by atoms with Gasteiger partial charge in [0.2, 0.25) is 0 Å². The van der Waals surface area contributed by atoms with Crippen LogP contribution in [0.4, 0.5) is 0 Å². The third-order valence-corrected chi connectivity index (χ3v) is 3.67. The van der Waals surface area contributed by atoms with Crippen LogP contribution in [0.5, 0.6) is 0 Å². The Morgan fingerprint density at radius 1 is 0.531 bits per heavy atom. The molecular formula is C28H60O4. The number of carbonyl (C=O) groups excluding carboxylic acids is 2. The maximum Gasteiger partial charge on any atom is 0.308 e. The molecule has 0 rings (SSSR count). The van der Waals surface area contributed by atoms with Crippen LogP contribution in [-0.4, -0.2) is 30.6 Å². The topological polar surface area (TPSA) is 52.6 Å². The van der Waals surface area contributed by atoms with Crippen molar-refractivity contribution in [1.29, 1.82) is 0 Å². The predicted molar refractivity (Wildman–Crippen MR) is 141 cm³/mol. The van der Waals surface area contributed by atoms with E-state index < -0.39 is 0 Å². The molecule has 0 aliphatic rings. The molecule has 0 aliphatic carbocycles. The Hall–Kier alpha value is -0.900. The summed E-state index contributed by atoms with van der Waals surface area (Å²) in [7, 11) is 0. The molecule has 0 aromatic rings. The minimum atomic E-state index is -0.120. The SMILES string of the molecule is CC(C)C(=O)C(C)C.CC(C)CC(C)C.CC(C)COC(C)C.CC(C)OC(=O)C(C)C. The van der Waals surface area contributed by atoms with E-state index in [-0.39, 0.29) is 29.8 Å². The van der Waals surface area contributed by atoms with E-state index in [2.05, 4.69) is 55.4 Å². The summed E-state index contributed by atoms with van der Waals surface area (Å²) in [4.78, 5) is 21.6. The fourth-order valence-electron chi connectivity index (χ4n) is 2.36. The average molecular weight is 461 g/mol. The minimum absolute atomic E-state index is 0.00704. The standard InChI is InChI=1S/C7H14O2.C7H16O.C7H14O.C7H16/c1-5(2)7(8)9-6(3)4;1-6(2)5-8-7(3)4;1-5(2)7(8)6(3)4;1-6(2)5-7(3)4/h5-6H,1-4H3;6-7H,5H2,1-4H3;5-6H,1-4H3;6-7H,5H2,1-4H3. The van der Waals surface area contributed by atoms with Crippen LogP contribution in [0.25, 0.3) is 0 Å². The van der Waals surface area contributed by atoms with E-state index in [0.29, 0.717) is 17.8 Å². The van der Waals surface area contributed by atoms with E-state index >= 15 is 0 Å². The molecule has 32 heavy (non-hydrogen) atoms. The van der Waals surface area contributed by atoms with Crippen molar-refractivity contribution < 1.29 is 19.1 Å². The van der Waals surface area contributed by atoms with Crippen molar-refractivity contribution in [3.63, 3.8) is 0 Å². The summed E-state index contributed by atoms with van der Waals surface area (Å²) in [5.74, 6) is 3.05. The second-order valence-corrected chi connectivity index (χ2v) is 11.2. The van der Waals surface area contributed by atoms with Crippen LogP contribution in [0.15, 0.2) is 0 Å². The molecule has 0 bridgehead atoms. The van der Waals surface area contributed by atoms with Crippen molar-refractivity contribution in [2.45, 2.75) is 129 Å². The first-order valence-corrected chi connectivity index (χ1v) is 12.7. The lowest BCUT2D eigenvalue weighted by atomic mass is 9.99. The summed E-state index contributed by atoms with van der Waals surface area (Å²) < 4.78 is 10.2. The highest BCUT2D eigenvalue weighted by molar-refractivity contribution is 5.82. The molecule has 0 unspecified atom stereocenters. The molecule has 0 aliphatic heterocycles. The molecule has 0 amide bonds. The van der Waals surface area contributed by atoms with Crippen molar-refractivity contribution in [3.05, 3.63) is 0 Å². The lowest BCUT2D eigenvalue weighted by molar-refractivity contribution is -0.151. The van der Waals surface area contributed by atoms with Crippen LogP contribution in [0.2, 0.25) is 0 Å². The summed E-state index contributed by atoms with van der Waals surface area (Å²) in [5, 5.41) is 0. The van der Waals surface area contributed by atoms with E-state index in [4.69, 9.17) is 9.47 Å². The highest BCUT2D eigenvalue weighted by Crippen LogP contribution is 2.08. The van der Waals surface area contributed by atoms with Crippen molar-refractivity contribution >= 4 is 11.8 Å². The largest absolute Gasteiger partial charge is 0.463 e. The highest BCUT2D eigenvalue weighted by Gasteiger charge is 2.10. The molecule has 0 radical (unpaired) electrons. The predicted octanol–water partition coefficient (Wildman–Crippen LogP) is 8.22. The van der Waals surface area contributed by atoms with E-state index in [1.165, 1.54) is 6.42 Å². The monoisotopic (exact) mass is 460 g/mol. The number of hydrogen-bond acceptors (Lipinski definition) is 4. The third kappa shape index (κ3) is 39.6. The van der Waals surface area contributed by atoms with Gasteiger partial charge in [0.1, 0.15) is 5.78 Å². The third-order valence-electron chi connectivity index (χ3n) is 3.67. The van der Waals surface area contributed by atoms with E-state index in [1.54, 1.807) is 0 Å². The van der Waals surface area contributed by atoms with Crippen LogP contribution < -0.4 is 0 Å². The molecule has 0 fully saturated rings. The van der Waals surface area contributed by atoms with Gasteiger partial charge < -0.3 is 9.47 Å². The fraction of sp³-hybridized carbons (Fsp3) is 0.929. The average Bonchev–Trinajstić information content (AvgIpc) is 2.58. The van der Waals surface area contributed by atoms with Crippen LogP contribution >= 0.6 is 0 Å². The Morgan fingerprint density at radius 2 is 0.906 bits per heavy atom. The van der Waals surface area contributed by atoms with Crippen LogP contribution in [0, 0.1) is 35.5 Å². The van der Waals surface area contributed by atoms with Crippen LogP contribution in [-0.2, 0) is 19.1 Å². The normalized spacial score (nSPS) is 10.9. The second kappa shape index (κ2) is 23.3. The Kier molecular flexibility index (Phi) is 27.9. The molecule has 0 aromatic carbocycles. The maximum absolute atomic E-state index is 10.8. The highest BCUT2D eigenvalue weighted by atomic mass is 16.5. The lowest BCUT2D eigenvalue weighted by Gasteiger charge is -2.08. The molecule has 0 saturated heterocycles. The summed E-state index contributed by atoms with van der Waals surface area (Å²) in [6, 6.07) is 0. The Balaban J connectivity index is -0.000000164. The number of esters is 1. The van der Waals surface area contributed by atoms with Gasteiger partial charge in [-0.05, 0) is 51.9 Å². The van der Waals surface area contributed by atoms with E-state index in [9.17, 15) is 9.59 Å². The number of carbonyl (C=O) groups is 2. The quantitative estimate of drug-likeness (QED) is 0.325. The van der Waals surface area contributed by atoms with Gasteiger partial charge in [0.25, 0.3) is 0 Å². The first-order chi connectivity index (χ1) is 14.3. The van der Waals surface area contributed by atoms with Crippen molar-refractivity contribution in [3.8, 4) is 0 Å². The van der Waals surface area contributed by atoms with Crippen molar-refractivity contribution in [2.24, 2.45) is 35.5 Å². The van der Waals surface area contributed by atoms with E-state index in [0.717, 1.165) is 18.4 Å². The first kappa shape index (κ1) is 38.4. The van der Waals surface area contributed by atoms with Crippen molar-refractivity contribution in [1.82, 2.24) is 0 Å². The molecule has 0 spiro atoms. The smallest absolute Gasteiger partial charge is 0.308 e. The number of ketones is 1. The van der Waals surface area contributed by atoms with Gasteiger partial charge in [0.15, 0.2) is 0 Å². The fourth-order valence-corrected chi connectivity index (χ4v) is 2.36. The van der Waals surface area contributed by atoms with Gasteiger partial charge in [-0.3, -0.25) is 9.59 Å². The summed E-state index contributed by atoms with van der Waals surface area (Å²) >= 11 is 0. The van der Waals surface area contributed by atoms with Gasteiger partial charge >= 0.3 is 5.97 Å². The summed E-state index contributed by atoms with van der Waals surface area (Å²) in [6.07, 6.45) is 1.76. The second-order valence-electron chi connectivity index (χ2n) is 11.2. The molecule has 4 heteroatoms. The zero-order valence-corrected chi connectivity index (χ0v) is 24.7. The zero-order chi connectivity index (χ0) is 26.6. The van der Waals surface area contributed by atoms with Gasteiger partial charge in [0.05, 0.1) is 18.1 Å². The minimum Gasteiger partial charge on any atom is -0.463 e. The van der Waals surface area contributed by atoms with Gasteiger partial charge in [-0.1, -0.05) is 83.1 Å². The van der Waals surface area contributed by atoms with Gasteiger partial charge in [0, 0.05) is 18.4 Å². The van der Waals surface area contributed by atoms with Gasteiger partial charge in [-0.25, -0.2) is 0 Å². The molecule has 0 atom stereocenters. The summed E-state index contributed by atoms with van der Waals surface area (Å²) in [5.41, 5.74) is 0. The zero-order valence-electron chi connectivity index (χ0n) is 24.7. The van der Waals surface area contributed by atoms with Crippen LogP contribution in [0.3, 0.4) is 0 Å². The Bertz CT molecular complexity index is 395. The molecule has 196 valence electrons. The molecule has 0 aromatic heterocycles. The van der Waals surface area contributed by atoms with Gasteiger partial charge in [-0.15, -0.1) is 0 Å². The number of hydrogen-bond donors (Lipinski definition) is 0. The molecule has 0 N–H and O–H groups in total. The number of ether oxygens (including phenoxy) is 2. The number of rotatable bonds is 9. The molecule has 0 heterocycles. The Labute approximate surface area is 202 Å². The van der Waals surface area contributed by atoms with Crippen molar-refractivity contribution in [2.75, 3.05) is 6.61 Å². The van der Waals surface area contributed by atoms with E-state index in [1.807, 2.05) is 55.4 Å².